The van der Waals surface area contributed by atoms with E-state index < -0.39 is 0 Å². The average Bonchev–Trinajstić information content (AvgIpc) is 2.30. The molecule has 0 aliphatic carbocycles. The number of anilines is 2. The van der Waals surface area contributed by atoms with Crippen LogP contribution in [-0.4, -0.2) is 12.5 Å². The third-order valence-electron chi connectivity index (χ3n) is 3.00. The Bertz CT molecular complexity index is 386. The van der Waals surface area contributed by atoms with Crippen molar-refractivity contribution in [3.63, 3.8) is 0 Å². The van der Waals surface area contributed by atoms with Gasteiger partial charge in [0.05, 0.1) is 0 Å². The number of amides is 1. The molecule has 2 N–H and O–H groups in total. The van der Waals surface area contributed by atoms with Gasteiger partial charge in [-0.2, -0.15) is 0 Å². The van der Waals surface area contributed by atoms with Crippen molar-refractivity contribution in [3.8, 4) is 0 Å². The van der Waals surface area contributed by atoms with Crippen molar-refractivity contribution in [2.75, 3.05) is 17.2 Å². The summed E-state index contributed by atoms with van der Waals surface area (Å²) in [6.07, 6.45) is 0.825. The third-order valence-corrected chi connectivity index (χ3v) is 3.00. The van der Waals surface area contributed by atoms with Gasteiger partial charge < -0.3 is 10.6 Å². The van der Waals surface area contributed by atoms with Gasteiger partial charge in [0.1, 0.15) is 0 Å². The number of rotatable bonds is 5. The van der Waals surface area contributed by atoms with Crippen LogP contribution in [0.25, 0.3) is 0 Å². The lowest BCUT2D eigenvalue weighted by Crippen LogP contribution is -2.29. The Morgan fingerprint density at radius 1 is 1.24 bits per heavy atom. The number of hydrogen-bond donors (Lipinski definition) is 2. The first-order valence-electron chi connectivity index (χ1n) is 6.15. The molecule has 0 heterocycles. The SMILES string of the molecule is CCNc1cccc(NC(=O)C(C)(C)CC)c1. The highest BCUT2D eigenvalue weighted by Crippen LogP contribution is 2.23. The van der Waals surface area contributed by atoms with E-state index in [9.17, 15) is 4.79 Å². The molecule has 0 aliphatic heterocycles. The Morgan fingerprint density at radius 2 is 1.88 bits per heavy atom. The van der Waals surface area contributed by atoms with Crippen LogP contribution in [0.3, 0.4) is 0 Å². The molecule has 0 aromatic heterocycles. The molecular formula is C14H22N2O. The lowest BCUT2D eigenvalue weighted by Gasteiger charge is -2.21. The summed E-state index contributed by atoms with van der Waals surface area (Å²) in [6, 6.07) is 7.79. The first-order valence-corrected chi connectivity index (χ1v) is 6.15. The summed E-state index contributed by atoms with van der Waals surface area (Å²) in [7, 11) is 0. The molecule has 0 radical (unpaired) electrons. The predicted molar refractivity (Wildman–Crippen MR) is 73.3 cm³/mol. The van der Waals surface area contributed by atoms with E-state index in [1.165, 1.54) is 0 Å². The minimum absolute atomic E-state index is 0.0636. The third kappa shape index (κ3) is 3.77. The van der Waals surface area contributed by atoms with E-state index in [1.54, 1.807) is 0 Å². The summed E-state index contributed by atoms with van der Waals surface area (Å²) >= 11 is 0. The van der Waals surface area contributed by atoms with Gasteiger partial charge in [0.2, 0.25) is 5.91 Å². The summed E-state index contributed by atoms with van der Waals surface area (Å²) in [4.78, 5) is 12.0. The highest BCUT2D eigenvalue weighted by Gasteiger charge is 2.25. The molecule has 17 heavy (non-hydrogen) atoms. The summed E-state index contributed by atoms with van der Waals surface area (Å²) in [5.74, 6) is 0.0636. The van der Waals surface area contributed by atoms with Gasteiger partial charge in [0.25, 0.3) is 0 Å². The maximum atomic E-state index is 12.0. The van der Waals surface area contributed by atoms with Gasteiger partial charge in [-0.05, 0) is 31.5 Å². The highest BCUT2D eigenvalue weighted by molar-refractivity contribution is 5.95. The quantitative estimate of drug-likeness (QED) is 0.818. The van der Waals surface area contributed by atoms with E-state index in [1.807, 2.05) is 52.0 Å². The lowest BCUT2D eigenvalue weighted by molar-refractivity contribution is -0.124. The fourth-order valence-corrected chi connectivity index (χ4v) is 1.37. The zero-order valence-corrected chi connectivity index (χ0v) is 11.1. The second-order valence-electron chi connectivity index (χ2n) is 4.80. The van der Waals surface area contributed by atoms with Crippen LogP contribution in [0.5, 0.6) is 0 Å². The molecule has 0 spiro atoms. The minimum atomic E-state index is -0.325. The van der Waals surface area contributed by atoms with E-state index in [2.05, 4.69) is 10.6 Å². The number of carbonyl (C=O) groups is 1. The monoisotopic (exact) mass is 234 g/mol. The van der Waals surface area contributed by atoms with E-state index in [0.717, 1.165) is 24.3 Å². The topological polar surface area (TPSA) is 41.1 Å². The Kier molecular flexibility index (Phi) is 4.55. The van der Waals surface area contributed by atoms with E-state index in [4.69, 9.17) is 0 Å². The largest absolute Gasteiger partial charge is 0.385 e. The van der Waals surface area contributed by atoms with Gasteiger partial charge in [-0.3, -0.25) is 4.79 Å². The maximum absolute atomic E-state index is 12.0. The van der Waals surface area contributed by atoms with E-state index in [0.29, 0.717) is 0 Å². The molecule has 0 bridgehead atoms. The summed E-state index contributed by atoms with van der Waals surface area (Å²) in [6.45, 7) is 8.85. The molecule has 3 nitrogen and oxygen atoms in total. The van der Waals surface area contributed by atoms with E-state index in [-0.39, 0.29) is 11.3 Å². The van der Waals surface area contributed by atoms with Crippen LogP contribution in [-0.2, 0) is 4.79 Å². The van der Waals surface area contributed by atoms with Gasteiger partial charge in [0, 0.05) is 23.3 Å². The fraction of sp³-hybridized carbons (Fsp3) is 0.500. The average molecular weight is 234 g/mol. The number of carbonyl (C=O) groups excluding carboxylic acids is 1. The van der Waals surface area contributed by atoms with E-state index >= 15 is 0 Å². The van der Waals surface area contributed by atoms with Gasteiger partial charge in [-0.15, -0.1) is 0 Å². The molecule has 0 saturated carbocycles. The number of hydrogen-bond acceptors (Lipinski definition) is 2. The molecule has 3 heteroatoms. The minimum Gasteiger partial charge on any atom is -0.385 e. The molecule has 1 amide bonds. The Labute approximate surface area is 104 Å². The van der Waals surface area contributed by atoms with Crippen molar-refractivity contribution in [2.24, 2.45) is 5.41 Å². The van der Waals surface area contributed by atoms with Crippen LogP contribution < -0.4 is 10.6 Å². The molecule has 1 rings (SSSR count). The second-order valence-corrected chi connectivity index (χ2v) is 4.80. The van der Waals surface area contributed by atoms with Gasteiger partial charge in [0.15, 0.2) is 0 Å². The van der Waals surface area contributed by atoms with Crippen molar-refractivity contribution in [2.45, 2.75) is 34.1 Å². The van der Waals surface area contributed by atoms with Crippen molar-refractivity contribution in [3.05, 3.63) is 24.3 Å². The lowest BCUT2D eigenvalue weighted by atomic mass is 9.89. The van der Waals surface area contributed by atoms with Crippen molar-refractivity contribution in [1.82, 2.24) is 0 Å². The second kappa shape index (κ2) is 5.71. The van der Waals surface area contributed by atoms with Crippen LogP contribution in [0.4, 0.5) is 11.4 Å². The standard InChI is InChI=1S/C14H22N2O/c1-5-14(3,4)13(17)16-12-9-7-8-11(10-12)15-6-2/h7-10,15H,5-6H2,1-4H3,(H,16,17). The normalized spacial score (nSPS) is 11.1. The Balaban J connectivity index is 2.75. The molecular weight excluding hydrogens is 212 g/mol. The first kappa shape index (κ1) is 13.6. The zero-order chi connectivity index (χ0) is 12.9. The smallest absolute Gasteiger partial charge is 0.230 e. The van der Waals surface area contributed by atoms with Crippen LogP contribution in [0.1, 0.15) is 34.1 Å². The zero-order valence-electron chi connectivity index (χ0n) is 11.1. The molecule has 0 unspecified atom stereocenters. The van der Waals surface area contributed by atoms with Gasteiger partial charge in [-0.25, -0.2) is 0 Å². The molecule has 94 valence electrons. The molecule has 0 fully saturated rings. The van der Waals surface area contributed by atoms with Crippen LogP contribution in [0, 0.1) is 5.41 Å². The molecule has 0 atom stereocenters. The summed E-state index contributed by atoms with van der Waals surface area (Å²) in [5.41, 5.74) is 1.54. The van der Waals surface area contributed by atoms with Crippen LogP contribution >= 0.6 is 0 Å². The fourth-order valence-electron chi connectivity index (χ4n) is 1.37. The maximum Gasteiger partial charge on any atom is 0.230 e. The van der Waals surface area contributed by atoms with Crippen LogP contribution in [0.15, 0.2) is 24.3 Å². The van der Waals surface area contributed by atoms with Gasteiger partial charge >= 0.3 is 0 Å². The predicted octanol–water partition coefficient (Wildman–Crippen LogP) is 3.49. The highest BCUT2D eigenvalue weighted by atomic mass is 16.2. The molecule has 1 aromatic rings. The Hall–Kier alpha value is -1.51. The summed E-state index contributed by atoms with van der Waals surface area (Å²) in [5, 5.41) is 6.18. The number of benzene rings is 1. The molecule has 0 aliphatic rings. The van der Waals surface area contributed by atoms with Gasteiger partial charge in [-0.1, -0.05) is 26.8 Å². The Morgan fingerprint density at radius 3 is 2.47 bits per heavy atom. The number of nitrogens with one attached hydrogen (secondary N) is 2. The van der Waals surface area contributed by atoms with Crippen molar-refractivity contribution in [1.29, 1.82) is 0 Å². The van der Waals surface area contributed by atoms with Crippen molar-refractivity contribution >= 4 is 17.3 Å². The molecule has 0 saturated heterocycles. The first-order chi connectivity index (χ1) is 7.99. The summed E-state index contributed by atoms with van der Waals surface area (Å²) < 4.78 is 0. The van der Waals surface area contributed by atoms with Crippen LogP contribution in [0.2, 0.25) is 0 Å². The molecule has 1 aromatic carbocycles. The van der Waals surface area contributed by atoms with Crippen molar-refractivity contribution < 1.29 is 4.79 Å².